The summed E-state index contributed by atoms with van der Waals surface area (Å²) in [6, 6.07) is 15.6. The molecule has 6 atom stereocenters. The minimum Gasteiger partial charge on any atom is -0.344 e. The second-order valence-corrected chi connectivity index (χ2v) is 17.1. The third kappa shape index (κ3) is 7.83. The Morgan fingerprint density at radius 1 is 0.654 bits per heavy atom. The van der Waals surface area contributed by atoms with Gasteiger partial charge in [-0.05, 0) is 46.9 Å². The fraction of sp³-hybridized carbons (Fsp3) is 0.500. The van der Waals surface area contributed by atoms with Gasteiger partial charge in [0.25, 0.3) is 0 Å². The number of hydrogen-bond donors (Lipinski definition) is 6. The highest BCUT2D eigenvalue weighted by atomic mass is 19.1. The van der Waals surface area contributed by atoms with Crippen LogP contribution < -0.4 is 21.3 Å². The lowest BCUT2D eigenvalue weighted by Crippen LogP contribution is -2.53. The number of benzene rings is 2. The molecule has 2 aromatic carbocycles. The van der Waals surface area contributed by atoms with Gasteiger partial charge in [-0.15, -0.1) is 0 Å². The Balaban J connectivity index is 1.13. The number of imidazole rings is 2. The molecule has 12 heteroatoms. The van der Waals surface area contributed by atoms with E-state index in [0.29, 0.717) is 11.6 Å². The van der Waals surface area contributed by atoms with E-state index in [1.165, 1.54) is 0 Å². The van der Waals surface area contributed by atoms with E-state index in [4.69, 9.17) is 0 Å². The summed E-state index contributed by atoms with van der Waals surface area (Å²) >= 11 is 0. The molecular formula is C40H52F2N8O2. The first-order chi connectivity index (χ1) is 24.3. The van der Waals surface area contributed by atoms with Crippen LogP contribution in [0.15, 0.2) is 60.9 Å². The normalized spacial score (nSPS) is 24.8. The monoisotopic (exact) mass is 714 g/mol. The zero-order chi connectivity index (χ0) is 37.6. The van der Waals surface area contributed by atoms with Gasteiger partial charge in [-0.25, -0.2) is 18.7 Å². The van der Waals surface area contributed by atoms with Crippen LogP contribution in [0, 0.1) is 10.8 Å². The van der Waals surface area contributed by atoms with Gasteiger partial charge in [0.15, 0.2) is 0 Å². The first-order valence-electron chi connectivity index (χ1n) is 18.1. The SMILES string of the molecule is CC(C)(C)[C@H](NC(=O)[C@]1(C)C[C@H](F)CN1)c1ncc(-c2ccc(-c3ccc(-c4cnc([C@@H](NC(=O)[C@]5(C)C[C@H](F)CN5)C(C)(C)C)[nH]4)cc3)cc2)[nH]1. The molecule has 0 spiro atoms. The maximum absolute atomic E-state index is 13.9. The van der Waals surface area contributed by atoms with Crippen LogP contribution in [0.2, 0.25) is 0 Å². The largest absolute Gasteiger partial charge is 0.344 e. The van der Waals surface area contributed by atoms with Crippen molar-refractivity contribution in [2.75, 3.05) is 13.1 Å². The van der Waals surface area contributed by atoms with Crippen molar-refractivity contribution in [2.45, 2.75) is 104 Å². The molecule has 0 unspecified atom stereocenters. The number of aromatic nitrogens is 4. The average Bonchev–Trinajstić information content (AvgIpc) is 3.90. The topological polar surface area (TPSA) is 140 Å². The number of amides is 2. The second kappa shape index (κ2) is 13.9. The summed E-state index contributed by atoms with van der Waals surface area (Å²) in [6.45, 7) is 16.0. The van der Waals surface area contributed by atoms with Crippen molar-refractivity contribution in [1.82, 2.24) is 41.2 Å². The molecule has 0 radical (unpaired) electrons. The van der Waals surface area contributed by atoms with Crippen LogP contribution in [0.25, 0.3) is 33.6 Å². The van der Waals surface area contributed by atoms with Gasteiger partial charge < -0.3 is 31.2 Å². The highest BCUT2D eigenvalue weighted by Crippen LogP contribution is 2.36. The number of nitrogens with zero attached hydrogens (tertiary/aromatic N) is 2. The lowest BCUT2D eigenvalue weighted by atomic mass is 9.85. The van der Waals surface area contributed by atoms with Crippen molar-refractivity contribution in [3.8, 4) is 33.6 Å². The summed E-state index contributed by atoms with van der Waals surface area (Å²) in [5.41, 5.74) is 3.04. The van der Waals surface area contributed by atoms with Crippen LogP contribution in [-0.2, 0) is 9.59 Å². The summed E-state index contributed by atoms with van der Waals surface area (Å²) in [7, 11) is 0. The third-order valence-electron chi connectivity index (χ3n) is 10.4. The van der Waals surface area contributed by atoms with Crippen molar-refractivity contribution in [3.05, 3.63) is 72.6 Å². The Labute approximate surface area is 304 Å². The second-order valence-electron chi connectivity index (χ2n) is 17.1. The molecule has 2 aromatic heterocycles. The number of alkyl halides is 2. The number of carbonyl (C=O) groups excluding carboxylic acids is 2. The van der Waals surface area contributed by atoms with Crippen LogP contribution >= 0.6 is 0 Å². The summed E-state index contributed by atoms with van der Waals surface area (Å²) in [5, 5.41) is 12.3. The molecule has 10 nitrogen and oxygen atoms in total. The van der Waals surface area contributed by atoms with Crippen LogP contribution in [-0.4, -0.2) is 68.3 Å². The van der Waals surface area contributed by atoms with Crippen molar-refractivity contribution in [2.24, 2.45) is 10.8 Å². The van der Waals surface area contributed by atoms with Crippen molar-refractivity contribution >= 4 is 11.8 Å². The van der Waals surface area contributed by atoms with Crippen LogP contribution in [0.4, 0.5) is 8.78 Å². The van der Waals surface area contributed by atoms with Crippen LogP contribution in [0.1, 0.15) is 92.0 Å². The number of aromatic amines is 2. The Morgan fingerprint density at radius 3 is 1.27 bits per heavy atom. The Kier molecular flexibility index (Phi) is 9.95. The molecule has 52 heavy (non-hydrogen) atoms. The van der Waals surface area contributed by atoms with Crippen LogP contribution in [0.5, 0.6) is 0 Å². The molecule has 4 aromatic rings. The molecule has 2 aliphatic rings. The van der Waals surface area contributed by atoms with Gasteiger partial charge >= 0.3 is 0 Å². The minimum absolute atomic E-state index is 0.138. The molecule has 0 bridgehead atoms. The quantitative estimate of drug-likeness (QED) is 0.114. The third-order valence-corrected chi connectivity index (χ3v) is 10.4. The van der Waals surface area contributed by atoms with E-state index in [0.717, 1.165) is 33.6 Å². The van der Waals surface area contributed by atoms with Gasteiger partial charge in [0, 0.05) is 25.9 Å². The highest BCUT2D eigenvalue weighted by molar-refractivity contribution is 5.87. The van der Waals surface area contributed by atoms with Gasteiger partial charge in [0.05, 0.1) is 46.9 Å². The number of nitrogens with one attached hydrogen (secondary N) is 6. The van der Waals surface area contributed by atoms with Gasteiger partial charge in [0.1, 0.15) is 24.0 Å². The summed E-state index contributed by atoms with van der Waals surface area (Å²) in [6.07, 6.45) is 1.73. The maximum Gasteiger partial charge on any atom is 0.240 e. The van der Waals surface area contributed by atoms with Gasteiger partial charge in [-0.3, -0.25) is 9.59 Å². The standard InChI is InChI=1S/C40H52F2N8O2/c1-37(2,3)31(49-35(51)39(7)17-27(41)19-45-39)33-43-21-29(47-33)25-13-9-23(10-14-25)24-11-15-26(16-12-24)30-22-44-34(48-30)32(38(4,5)6)50-36(52)40(8)18-28(42)20-46-40/h9-16,21-22,27-28,31-32,45-46H,17-20H2,1-8H3,(H,43,47)(H,44,48)(H,49,51)(H,50,52)/t27-,28-,31+,32+,39-,40-/m0/s1. The first-order valence-corrected chi connectivity index (χ1v) is 18.1. The number of carbonyl (C=O) groups is 2. The molecule has 6 rings (SSSR count). The van der Waals surface area contributed by atoms with Gasteiger partial charge in [-0.2, -0.15) is 0 Å². The van der Waals surface area contributed by atoms with Crippen molar-refractivity contribution in [3.63, 3.8) is 0 Å². The number of H-pyrrole nitrogens is 2. The number of rotatable bonds is 9. The van der Waals surface area contributed by atoms with Crippen molar-refractivity contribution in [1.29, 1.82) is 0 Å². The summed E-state index contributed by atoms with van der Waals surface area (Å²) in [4.78, 5) is 42.6. The highest BCUT2D eigenvalue weighted by Gasteiger charge is 2.45. The number of hydrogen-bond acceptors (Lipinski definition) is 6. The zero-order valence-corrected chi connectivity index (χ0v) is 31.4. The van der Waals surface area contributed by atoms with Gasteiger partial charge in [-0.1, -0.05) is 90.1 Å². The first kappa shape index (κ1) is 37.3. The molecule has 2 saturated heterocycles. The van der Waals surface area contributed by atoms with E-state index in [-0.39, 0.29) is 48.6 Å². The van der Waals surface area contributed by atoms with E-state index in [1.54, 1.807) is 26.2 Å². The lowest BCUT2D eigenvalue weighted by Gasteiger charge is -2.33. The van der Waals surface area contributed by atoms with E-state index in [1.807, 2.05) is 65.8 Å². The molecule has 2 fully saturated rings. The minimum atomic E-state index is -1.05. The van der Waals surface area contributed by atoms with E-state index >= 15 is 0 Å². The molecule has 278 valence electrons. The maximum atomic E-state index is 13.9. The molecule has 2 amide bonds. The Morgan fingerprint density at radius 2 is 0.981 bits per heavy atom. The summed E-state index contributed by atoms with van der Waals surface area (Å²) < 4.78 is 27.9. The molecule has 4 heterocycles. The lowest BCUT2D eigenvalue weighted by molar-refractivity contribution is -0.129. The fourth-order valence-corrected chi connectivity index (χ4v) is 7.11. The Bertz CT molecular complexity index is 1750. The molecule has 0 aliphatic carbocycles. The molecule has 0 saturated carbocycles. The van der Waals surface area contributed by atoms with Gasteiger partial charge in [0.2, 0.25) is 11.8 Å². The molecular weight excluding hydrogens is 662 g/mol. The zero-order valence-electron chi connectivity index (χ0n) is 31.4. The van der Waals surface area contributed by atoms with Crippen LogP contribution in [0.3, 0.4) is 0 Å². The van der Waals surface area contributed by atoms with E-state index < -0.39 is 35.5 Å². The fourth-order valence-electron chi connectivity index (χ4n) is 7.11. The average molecular weight is 715 g/mol. The smallest absolute Gasteiger partial charge is 0.240 e. The van der Waals surface area contributed by atoms with E-state index in [2.05, 4.69) is 65.5 Å². The van der Waals surface area contributed by atoms with E-state index in [9.17, 15) is 18.4 Å². The predicted octanol–water partition coefficient (Wildman–Crippen LogP) is 6.72. The number of halogens is 2. The predicted molar refractivity (Wildman–Crippen MR) is 200 cm³/mol. The summed E-state index contributed by atoms with van der Waals surface area (Å²) in [5.74, 6) is 0.803. The van der Waals surface area contributed by atoms with Crippen molar-refractivity contribution < 1.29 is 18.4 Å². The molecule has 2 aliphatic heterocycles. The Hall–Kier alpha value is -4.42. The molecule has 6 N–H and O–H groups in total.